The topological polar surface area (TPSA) is 3.24 Å². The van der Waals surface area contributed by atoms with E-state index in [-0.39, 0.29) is 0 Å². The fraction of sp³-hybridized carbons (Fsp3) is 1.00. The summed E-state index contributed by atoms with van der Waals surface area (Å²) in [5.74, 6) is 1.91. The lowest BCUT2D eigenvalue weighted by atomic mass is 9.62. The van der Waals surface area contributed by atoms with Crippen LogP contribution >= 0.6 is 0 Å². The van der Waals surface area contributed by atoms with Gasteiger partial charge in [-0.2, -0.15) is 0 Å². The maximum atomic E-state index is 2.64. The number of nitrogens with zero attached hydrogens (tertiary/aromatic N) is 1. The summed E-state index contributed by atoms with van der Waals surface area (Å²) < 4.78 is 0. The van der Waals surface area contributed by atoms with Crippen LogP contribution in [0.2, 0.25) is 0 Å². The third-order valence-electron chi connectivity index (χ3n) is 4.73. The zero-order valence-corrected chi connectivity index (χ0v) is 10.9. The second-order valence-corrected chi connectivity index (χ2v) is 6.60. The van der Waals surface area contributed by atoms with Gasteiger partial charge in [0, 0.05) is 19.1 Å². The van der Waals surface area contributed by atoms with Gasteiger partial charge >= 0.3 is 0 Å². The van der Waals surface area contributed by atoms with Crippen molar-refractivity contribution in [3.05, 3.63) is 0 Å². The Morgan fingerprint density at radius 1 is 1.13 bits per heavy atom. The van der Waals surface area contributed by atoms with Crippen molar-refractivity contribution < 1.29 is 0 Å². The van der Waals surface area contributed by atoms with Crippen LogP contribution in [0, 0.1) is 17.3 Å². The average molecular weight is 209 g/mol. The van der Waals surface area contributed by atoms with Crippen molar-refractivity contribution in [1.29, 1.82) is 0 Å². The summed E-state index contributed by atoms with van der Waals surface area (Å²) in [4.78, 5) is 2.64. The van der Waals surface area contributed by atoms with E-state index < -0.39 is 0 Å². The second kappa shape index (κ2) is 4.08. The molecule has 0 amide bonds. The molecule has 1 aliphatic heterocycles. The van der Waals surface area contributed by atoms with Gasteiger partial charge in [-0.3, -0.25) is 4.90 Å². The molecular weight excluding hydrogens is 182 g/mol. The van der Waals surface area contributed by atoms with Crippen LogP contribution in [0.25, 0.3) is 0 Å². The van der Waals surface area contributed by atoms with Crippen LogP contribution in [0.1, 0.15) is 53.4 Å². The van der Waals surface area contributed by atoms with Crippen molar-refractivity contribution in [1.82, 2.24) is 4.90 Å². The fourth-order valence-electron chi connectivity index (χ4n) is 3.54. The molecule has 1 heteroatoms. The minimum atomic E-state index is 0.734. The predicted octanol–water partition coefficient (Wildman–Crippen LogP) is 3.54. The Kier molecular flexibility index (Phi) is 3.12. The molecule has 1 aliphatic carbocycles. The molecule has 0 aromatic carbocycles. The first-order valence-electron chi connectivity index (χ1n) is 6.76. The van der Waals surface area contributed by atoms with Crippen LogP contribution in [0.5, 0.6) is 0 Å². The van der Waals surface area contributed by atoms with Crippen LogP contribution in [-0.2, 0) is 0 Å². The van der Waals surface area contributed by atoms with E-state index in [1.807, 2.05) is 0 Å². The first kappa shape index (κ1) is 11.4. The lowest BCUT2D eigenvalue weighted by Crippen LogP contribution is -2.60. The van der Waals surface area contributed by atoms with Crippen molar-refractivity contribution in [2.24, 2.45) is 17.3 Å². The Morgan fingerprint density at radius 2 is 1.80 bits per heavy atom. The van der Waals surface area contributed by atoms with Crippen molar-refractivity contribution in [2.75, 3.05) is 13.1 Å². The molecule has 1 heterocycles. The van der Waals surface area contributed by atoms with Crippen molar-refractivity contribution in [3.63, 3.8) is 0 Å². The Morgan fingerprint density at radius 3 is 2.33 bits per heavy atom. The van der Waals surface area contributed by atoms with Gasteiger partial charge in [0.05, 0.1) is 0 Å². The molecule has 0 aromatic heterocycles. The van der Waals surface area contributed by atoms with Gasteiger partial charge in [-0.1, -0.05) is 26.7 Å². The molecule has 0 bridgehead atoms. The molecule has 1 spiro atoms. The maximum absolute atomic E-state index is 2.64. The molecule has 1 atom stereocenters. The maximum Gasteiger partial charge on any atom is 0.00533 e. The van der Waals surface area contributed by atoms with E-state index in [4.69, 9.17) is 0 Å². The summed E-state index contributed by atoms with van der Waals surface area (Å²) in [6, 6.07) is 0.759. The van der Waals surface area contributed by atoms with Crippen LogP contribution in [0.4, 0.5) is 0 Å². The third-order valence-corrected chi connectivity index (χ3v) is 4.73. The zero-order valence-electron chi connectivity index (χ0n) is 10.9. The highest BCUT2D eigenvalue weighted by Crippen LogP contribution is 2.48. The van der Waals surface area contributed by atoms with E-state index in [1.165, 1.54) is 38.8 Å². The zero-order chi connectivity index (χ0) is 11.1. The van der Waals surface area contributed by atoms with Gasteiger partial charge in [-0.05, 0) is 43.9 Å². The summed E-state index contributed by atoms with van der Waals surface area (Å²) in [6.45, 7) is 12.2. The Hall–Kier alpha value is -0.0400. The Labute approximate surface area is 95.2 Å². The minimum absolute atomic E-state index is 0.734. The Bertz CT molecular complexity index is 213. The molecule has 2 rings (SSSR count). The highest BCUT2D eigenvalue weighted by atomic mass is 15.2. The molecular formula is C14H27N. The largest absolute Gasteiger partial charge is 0.300 e. The van der Waals surface area contributed by atoms with Crippen molar-refractivity contribution >= 4 is 0 Å². The minimum Gasteiger partial charge on any atom is -0.300 e. The standard InChI is InChI=1S/C14H27N/c1-11(2)13-6-5-7-14(8-13)9-15(10-14)12(3)4/h11-13H,5-10H2,1-4H3. The van der Waals surface area contributed by atoms with Crippen molar-refractivity contribution in [2.45, 2.75) is 59.4 Å². The van der Waals surface area contributed by atoms with E-state index in [0.29, 0.717) is 0 Å². The molecule has 2 aliphatic rings. The van der Waals surface area contributed by atoms with Gasteiger partial charge in [0.25, 0.3) is 0 Å². The van der Waals surface area contributed by atoms with Gasteiger partial charge < -0.3 is 0 Å². The lowest BCUT2D eigenvalue weighted by Gasteiger charge is -2.56. The molecule has 1 saturated carbocycles. The molecule has 15 heavy (non-hydrogen) atoms. The fourth-order valence-corrected chi connectivity index (χ4v) is 3.54. The molecule has 2 fully saturated rings. The molecule has 0 radical (unpaired) electrons. The summed E-state index contributed by atoms with van der Waals surface area (Å²) in [5, 5.41) is 0. The quantitative estimate of drug-likeness (QED) is 0.672. The number of hydrogen-bond acceptors (Lipinski definition) is 1. The SMILES string of the molecule is CC(C)C1CCCC2(C1)CN(C(C)C)C2. The summed E-state index contributed by atoms with van der Waals surface area (Å²) in [7, 11) is 0. The molecule has 1 nitrogen and oxygen atoms in total. The summed E-state index contributed by atoms with van der Waals surface area (Å²) >= 11 is 0. The van der Waals surface area contributed by atoms with E-state index >= 15 is 0 Å². The Balaban J connectivity index is 1.89. The van der Waals surface area contributed by atoms with Crippen LogP contribution in [-0.4, -0.2) is 24.0 Å². The average Bonchev–Trinajstić information content (AvgIpc) is 2.13. The number of likely N-dealkylation sites (tertiary alicyclic amines) is 1. The predicted molar refractivity (Wildman–Crippen MR) is 65.9 cm³/mol. The van der Waals surface area contributed by atoms with Gasteiger partial charge in [-0.25, -0.2) is 0 Å². The number of hydrogen-bond donors (Lipinski definition) is 0. The summed E-state index contributed by atoms with van der Waals surface area (Å²) in [6.07, 6.45) is 5.98. The molecule has 0 N–H and O–H groups in total. The second-order valence-electron chi connectivity index (χ2n) is 6.60. The first-order valence-corrected chi connectivity index (χ1v) is 6.76. The van der Waals surface area contributed by atoms with Gasteiger partial charge in [0.1, 0.15) is 0 Å². The van der Waals surface area contributed by atoms with Gasteiger partial charge in [0.15, 0.2) is 0 Å². The molecule has 1 unspecified atom stereocenters. The van der Waals surface area contributed by atoms with Crippen LogP contribution in [0.3, 0.4) is 0 Å². The van der Waals surface area contributed by atoms with E-state index in [0.717, 1.165) is 23.3 Å². The van der Waals surface area contributed by atoms with Crippen molar-refractivity contribution in [3.8, 4) is 0 Å². The lowest BCUT2D eigenvalue weighted by molar-refractivity contribution is -0.0658. The monoisotopic (exact) mass is 209 g/mol. The molecule has 1 saturated heterocycles. The van der Waals surface area contributed by atoms with Crippen LogP contribution < -0.4 is 0 Å². The normalized spacial score (nSPS) is 31.2. The molecule has 0 aromatic rings. The highest BCUT2D eigenvalue weighted by Gasteiger charge is 2.46. The van der Waals surface area contributed by atoms with E-state index in [1.54, 1.807) is 0 Å². The smallest absolute Gasteiger partial charge is 0.00533 e. The van der Waals surface area contributed by atoms with E-state index in [2.05, 4.69) is 32.6 Å². The summed E-state index contributed by atoms with van der Waals surface area (Å²) in [5.41, 5.74) is 0.734. The molecule has 88 valence electrons. The third kappa shape index (κ3) is 2.22. The number of rotatable bonds is 2. The van der Waals surface area contributed by atoms with Gasteiger partial charge in [0.2, 0.25) is 0 Å². The highest BCUT2D eigenvalue weighted by molar-refractivity contribution is 4.99. The van der Waals surface area contributed by atoms with Crippen LogP contribution in [0.15, 0.2) is 0 Å². The van der Waals surface area contributed by atoms with E-state index in [9.17, 15) is 0 Å². The first-order chi connectivity index (χ1) is 7.02. The van der Waals surface area contributed by atoms with Gasteiger partial charge in [-0.15, -0.1) is 0 Å².